The Bertz CT molecular complexity index is 902. The third-order valence-corrected chi connectivity index (χ3v) is 4.74. The first-order valence-corrected chi connectivity index (χ1v) is 7.90. The van der Waals surface area contributed by atoms with Crippen molar-refractivity contribution >= 4 is 27.8 Å². The molecule has 0 saturated heterocycles. The van der Waals surface area contributed by atoms with Crippen LogP contribution in [0.5, 0.6) is 17.4 Å². The Morgan fingerprint density at radius 3 is 2.61 bits per heavy atom. The number of ether oxygens (including phenoxy) is 2. The predicted octanol–water partition coefficient (Wildman–Crippen LogP) is 4.23. The molecule has 23 heavy (non-hydrogen) atoms. The summed E-state index contributed by atoms with van der Waals surface area (Å²) in [5, 5.41) is 0.900. The Balaban J connectivity index is 2.17. The van der Waals surface area contributed by atoms with E-state index in [0.29, 0.717) is 28.8 Å². The molecule has 0 aliphatic carbocycles. The SMILES string of the molecule is COc1ccc(C=O)cc1Oc1nc(C)nc2sc(C)c(C)c12. The topological polar surface area (TPSA) is 61.3 Å². The van der Waals surface area contributed by atoms with Crippen LogP contribution in [0, 0.1) is 20.8 Å². The molecule has 0 aliphatic rings. The lowest BCUT2D eigenvalue weighted by molar-refractivity contribution is 0.112. The van der Waals surface area contributed by atoms with Crippen LogP contribution in [0.1, 0.15) is 26.6 Å². The fourth-order valence-electron chi connectivity index (χ4n) is 2.34. The number of aldehydes is 1. The number of thiophene rings is 1. The molecule has 0 radical (unpaired) electrons. The third-order valence-electron chi connectivity index (χ3n) is 3.64. The number of hydrogen-bond donors (Lipinski definition) is 0. The number of carbonyl (C=O) groups is 1. The summed E-state index contributed by atoms with van der Waals surface area (Å²) in [6.07, 6.45) is 0.771. The van der Waals surface area contributed by atoms with Gasteiger partial charge in [-0.1, -0.05) is 0 Å². The van der Waals surface area contributed by atoms with Gasteiger partial charge in [-0.3, -0.25) is 4.79 Å². The highest BCUT2D eigenvalue weighted by molar-refractivity contribution is 7.18. The van der Waals surface area contributed by atoms with E-state index in [-0.39, 0.29) is 0 Å². The Kier molecular flexibility index (Phi) is 4.00. The summed E-state index contributed by atoms with van der Waals surface area (Å²) in [4.78, 5) is 22.0. The highest BCUT2D eigenvalue weighted by atomic mass is 32.1. The molecule has 3 aromatic rings. The fourth-order valence-corrected chi connectivity index (χ4v) is 3.40. The minimum Gasteiger partial charge on any atom is -0.493 e. The number of fused-ring (bicyclic) bond motifs is 1. The summed E-state index contributed by atoms with van der Waals surface area (Å²) in [6, 6.07) is 5.03. The van der Waals surface area contributed by atoms with Gasteiger partial charge >= 0.3 is 0 Å². The fraction of sp³-hybridized carbons (Fsp3) is 0.235. The molecule has 0 bridgehead atoms. The molecule has 0 atom stereocenters. The normalized spacial score (nSPS) is 10.8. The van der Waals surface area contributed by atoms with Gasteiger partial charge in [0.1, 0.15) is 16.9 Å². The molecule has 2 aromatic heterocycles. The highest BCUT2D eigenvalue weighted by Crippen LogP contribution is 2.38. The van der Waals surface area contributed by atoms with Gasteiger partial charge in [-0.25, -0.2) is 4.98 Å². The zero-order valence-electron chi connectivity index (χ0n) is 13.3. The lowest BCUT2D eigenvalue weighted by Crippen LogP contribution is -1.97. The van der Waals surface area contributed by atoms with Crippen LogP contribution in [0.3, 0.4) is 0 Å². The summed E-state index contributed by atoms with van der Waals surface area (Å²) in [7, 11) is 1.56. The number of methoxy groups -OCH3 is 1. The summed E-state index contributed by atoms with van der Waals surface area (Å²) in [5.41, 5.74) is 1.62. The molecule has 0 unspecified atom stereocenters. The van der Waals surface area contributed by atoms with Crippen molar-refractivity contribution in [2.75, 3.05) is 7.11 Å². The second-order valence-electron chi connectivity index (χ2n) is 5.17. The van der Waals surface area contributed by atoms with E-state index in [0.717, 1.165) is 22.1 Å². The molecule has 0 N–H and O–H groups in total. The van der Waals surface area contributed by atoms with E-state index in [1.54, 1.807) is 36.6 Å². The van der Waals surface area contributed by atoms with E-state index in [4.69, 9.17) is 9.47 Å². The number of nitrogens with zero attached hydrogens (tertiary/aromatic N) is 2. The Labute approximate surface area is 137 Å². The summed E-state index contributed by atoms with van der Waals surface area (Å²) < 4.78 is 11.3. The van der Waals surface area contributed by atoms with E-state index in [1.165, 1.54) is 4.88 Å². The van der Waals surface area contributed by atoms with Gasteiger partial charge in [0.15, 0.2) is 11.5 Å². The second kappa shape index (κ2) is 5.96. The van der Waals surface area contributed by atoms with Crippen LogP contribution in [0.4, 0.5) is 0 Å². The van der Waals surface area contributed by atoms with Crippen LogP contribution < -0.4 is 9.47 Å². The quantitative estimate of drug-likeness (QED) is 0.671. The average Bonchev–Trinajstić information content (AvgIpc) is 2.81. The van der Waals surface area contributed by atoms with Gasteiger partial charge in [-0.2, -0.15) is 4.98 Å². The molecular weight excluding hydrogens is 312 g/mol. The summed E-state index contributed by atoms with van der Waals surface area (Å²) in [5.74, 6) is 2.12. The number of benzene rings is 1. The number of aryl methyl sites for hydroxylation is 3. The largest absolute Gasteiger partial charge is 0.493 e. The first-order chi connectivity index (χ1) is 11.0. The van der Waals surface area contributed by atoms with Crippen LogP contribution >= 0.6 is 11.3 Å². The lowest BCUT2D eigenvalue weighted by Gasteiger charge is -2.11. The zero-order chi connectivity index (χ0) is 16.6. The third kappa shape index (κ3) is 2.77. The lowest BCUT2D eigenvalue weighted by atomic mass is 10.2. The van der Waals surface area contributed by atoms with E-state index in [1.807, 2.05) is 20.8 Å². The molecule has 3 rings (SSSR count). The number of carbonyl (C=O) groups excluding carboxylic acids is 1. The van der Waals surface area contributed by atoms with Gasteiger partial charge in [0.25, 0.3) is 0 Å². The Morgan fingerprint density at radius 1 is 1.13 bits per heavy atom. The smallest absolute Gasteiger partial charge is 0.231 e. The molecule has 2 heterocycles. The predicted molar refractivity (Wildman–Crippen MR) is 90.1 cm³/mol. The number of aromatic nitrogens is 2. The molecule has 5 nitrogen and oxygen atoms in total. The molecular formula is C17H16N2O3S. The van der Waals surface area contributed by atoms with Crippen molar-refractivity contribution in [3.05, 3.63) is 40.0 Å². The van der Waals surface area contributed by atoms with Gasteiger partial charge in [-0.05, 0) is 44.5 Å². The standard InChI is InChI=1S/C17H16N2O3S/c1-9-10(2)23-17-15(9)16(18-11(3)19-17)22-14-7-12(8-20)5-6-13(14)21-4/h5-8H,1-4H3. The molecule has 1 aromatic carbocycles. The van der Waals surface area contributed by atoms with E-state index < -0.39 is 0 Å². The van der Waals surface area contributed by atoms with Crippen molar-refractivity contribution in [1.29, 1.82) is 0 Å². The van der Waals surface area contributed by atoms with Crippen molar-refractivity contribution in [1.82, 2.24) is 9.97 Å². The monoisotopic (exact) mass is 328 g/mol. The molecule has 118 valence electrons. The van der Waals surface area contributed by atoms with Gasteiger partial charge in [0, 0.05) is 10.4 Å². The van der Waals surface area contributed by atoms with Gasteiger partial charge in [-0.15, -0.1) is 11.3 Å². The minimum atomic E-state index is 0.458. The molecule has 0 fully saturated rings. The maximum absolute atomic E-state index is 11.0. The van der Waals surface area contributed by atoms with Crippen LogP contribution in [-0.4, -0.2) is 23.4 Å². The van der Waals surface area contributed by atoms with Crippen molar-refractivity contribution in [2.45, 2.75) is 20.8 Å². The maximum atomic E-state index is 11.0. The van der Waals surface area contributed by atoms with Crippen molar-refractivity contribution in [2.24, 2.45) is 0 Å². The molecule has 0 saturated carbocycles. The summed E-state index contributed by atoms with van der Waals surface area (Å²) in [6.45, 7) is 5.91. The number of rotatable bonds is 4. The first kappa shape index (κ1) is 15.4. The average molecular weight is 328 g/mol. The van der Waals surface area contributed by atoms with E-state index in [2.05, 4.69) is 9.97 Å². The van der Waals surface area contributed by atoms with Crippen LogP contribution in [0.2, 0.25) is 0 Å². The minimum absolute atomic E-state index is 0.458. The van der Waals surface area contributed by atoms with Crippen LogP contribution in [0.15, 0.2) is 18.2 Å². The van der Waals surface area contributed by atoms with Crippen molar-refractivity contribution in [3.63, 3.8) is 0 Å². The molecule has 0 spiro atoms. The zero-order valence-corrected chi connectivity index (χ0v) is 14.2. The van der Waals surface area contributed by atoms with E-state index >= 15 is 0 Å². The van der Waals surface area contributed by atoms with Gasteiger partial charge in [0.2, 0.25) is 5.88 Å². The summed E-state index contributed by atoms with van der Waals surface area (Å²) >= 11 is 1.62. The Hall–Kier alpha value is -2.47. The molecule has 0 amide bonds. The van der Waals surface area contributed by atoms with E-state index in [9.17, 15) is 4.79 Å². The highest BCUT2D eigenvalue weighted by Gasteiger charge is 2.17. The van der Waals surface area contributed by atoms with Crippen LogP contribution in [-0.2, 0) is 0 Å². The first-order valence-electron chi connectivity index (χ1n) is 7.09. The van der Waals surface area contributed by atoms with Gasteiger partial charge in [0.05, 0.1) is 12.5 Å². The second-order valence-corrected chi connectivity index (χ2v) is 6.37. The van der Waals surface area contributed by atoms with Crippen molar-refractivity contribution in [3.8, 4) is 17.4 Å². The molecule has 6 heteroatoms. The van der Waals surface area contributed by atoms with Crippen LogP contribution in [0.25, 0.3) is 10.2 Å². The Morgan fingerprint density at radius 2 is 1.91 bits per heavy atom. The van der Waals surface area contributed by atoms with Gasteiger partial charge < -0.3 is 9.47 Å². The number of hydrogen-bond acceptors (Lipinski definition) is 6. The van der Waals surface area contributed by atoms with Crippen molar-refractivity contribution < 1.29 is 14.3 Å². The molecule has 0 aliphatic heterocycles. The maximum Gasteiger partial charge on any atom is 0.231 e.